The molecule has 0 bridgehead atoms. The summed E-state index contributed by atoms with van der Waals surface area (Å²) in [5.41, 5.74) is 1.82. The van der Waals surface area contributed by atoms with E-state index in [9.17, 15) is 9.59 Å². The first-order chi connectivity index (χ1) is 13.5. The standard InChI is InChI=1S/C21H17IN2O3S/c1-2-11-24-20(26)18(19(25)23-21(24)28)12-14-5-9-17(10-6-14)27-13-15-3-7-16(22)8-4-15/h2-10,12H,1,11,13H2,(H,23,25,28)/b18-12+. The van der Waals surface area contributed by atoms with Crippen molar-refractivity contribution < 1.29 is 14.3 Å². The van der Waals surface area contributed by atoms with Crippen LogP contribution in [0.4, 0.5) is 0 Å². The fourth-order valence-corrected chi connectivity index (χ4v) is 3.17. The van der Waals surface area contributed by atoms with Crippen molar-refractivity contribution >= 4 is 57.8 Å². The van der Waals surface area contributed by atoms with Crippen LogP contribution in [-0.4, -0.2) is 28.4 Å². The molecule has 1 aliphatic heterocycles. The van der Waals surface area contributed by atoms with Gasteiger partial charge in [0.15, 0.2) is 5.11 Å². The van der Waals surface area contributed by atoms with E-state index in [0.29, 0.717) is 17.9 Å². The van der Waals surface area contributed by atoms with Crippen LogP contribution < -0.4 is 10.1 Å². The molecule has 0 aromatic heterocycles. The Hall–Kier alpha value is -2.52. The Morgan fingerprint density at radius 2 is 1.79 bits per heavy atom. The summed E-state index contributed by atoms with van der Waals surface area (Å²) in [4.78, 5) is 26.0. The second-order valence-corrected chi connectivity index (χ2v) is 7.64. The smallest absolute Gasteiger partial charge is 0.265 e. The molecule has 142 valence electrons. The minimum Gasteiger partial charge on any atom is -0.489 e. The first-order valence-electron chi connectivity index (χ1n) is 8.45. The molecular weight excluding hydrogens is 487 g/mol. The number of nitrogens with one attached hydrogen (secondary N) is 1. The highest BCUT2D eigenvalue weighted by atomic mass is 127. The second kappa shape index (κ2) is 9.11. The van der Waals surface area contributed by atoms with E-state index in [0.717, 1.165) is 5.56 Å². The van der Waals surface area contributed by atoms with Crippen molar-refractivity contribution in [3.63, 3.8) is 0 Å². The summed E-state index contributed by atoms with van der Waals surface area (Å²) >= 11 is 7.30. The normalized spacial score (nSPS) is 15.5. The van der Waals surface area contributed by atoms with Gasteiger partial charge in [-0.1, -0.05) is 30.3 Å². The summed E-state index contributed by atoms with van der Waals surface area (Å²) in [6.45, 7) is 4.31. The maximum atomic E-state index is 12.5. The lowest BCUT2D eigenvalue weighted by molar-refractivity contribution is -0.128. The van der Waals surface area contributed by atoms with Gasteiger partial charge in [0, 0.05) is 10.1 Å². The molecule has 2 amide bonds. The largest absolute Gasteiger partial charge is 0.489 e. The molecule has 1 saturated heterocycles. The van der Waals surface area contributed by atoms with Crippen molar-refractivity contribution in [2.75, 3.05) is 6.54 Å². The Morgan fingerprint density at radius 1 is 1.11 bits per heavy atom. The number of benzene rings is 2. The van der Waals surface area contributed by atoms with Gasteiger partial charge in [0.05, 0.1) is 0 Å². The summed E-state index contributed by atoms with van der Waals surface area (Å²) in [6.07, 6.45) is 3.09. The molecule has 7 heteroatoms. The molecule has 1 aliphatic rings. The van der Waals surface area contributed by atoms with Crippen LogP contribution in [-0.2, 0) is 16.2 Å². The lowest BCUT2D eigenvalue weighted by atomic mass is 10.1. The van der Waals surface area contributed by atoms with Crippen molar-refractivity contribution in [1.29, 1.82) is 0 Å². The number of halogens is 1. The van der Waals surface area contributed by atoms with Gasteiger partial charge in [0.25, 0.3) is 11.8 Å². The number of carbonyl (C=O) groups is 2. The topological polar surface area (TPSA) is 58.6 Å². The van der Waals surface area contributed by atoms with Gasteiger partial charge in [-0.25, -0.2) is 0 Å². The highest BCUT2D eigenvalue weighted by Crippen LogP contribution is 2.19. The van der Waals surface area contributed by atoms with Gasteiger partial charge >= 0.3 is 0 Å². The number of nitrogens with zero attached hydrogens (tertiary/aromatic N) is 1. The molecule has 5 nitrogen and oxygen atoms in total. The number of thiocarbonyl (C=S) groups is 1. The molecule has 1 heterocycles. The van der Waals surface area contributed by atoms with E-state index < -0.39 is 11.8 Å². The van der Waals surface area contributed by atoms with E-state index in [2.05, 4.69) is 34.5 Å². The zero-order chi connectivity index (χ0) is 20.1. The summed E-state index contributed by atoms with van der Waals surface area (Å²) in [6, 6.07) is 15.3. The molecule has 1 N–H and O–H groups in total. The maximum Gasteiger partial charge on any atom is 0.265 e. The van der Waals surface area contributed by atoms with E-state index in [1.165, 1.54) is 8.47 Å². The summed E-state index contributed by atoms with van der Waals surface area (Å²) in [5.74, 6) is -0.239. The number of hydrogen-bond acceptors (Lipinski definition) is 4. The molecule has 0 unspecified atom stereocenters. The summed E-state index contributed by atoms with van der Waals surface area (Å²) < 4.78 is 6.95. The van der Waals surface area contributed by atoms with Gasteiger partial charge in [0.2, 0.25) is 0 Å². The molecule has 0 aliphatic carbocycles. The van der Waals surface area contributed by atoms with Crippen LogP contribution in [0.15, 0.2) is 66.8 Å². The molecule has 0 atom stereocenters. The van der Waals surface area contributed by atoms with Crippen molar-refractivity contribution in [3.8, 4) is 5.75 Å². The van der Waals surface area contributed by atoms with E-state index in [1.807, 2.05) is 24.3 Å². The Morgan fingerprint density at radius 3 is 2.43 bits per heavy atom. The van der Waals surface area contributed by atoms with Crippen LogP contribution in [0.2, 0.25) is 0 Å². The first kappa shape index (κ1) is 20.2. The van der Waals surface area contributed by atoms with Crippen LogP contribution in [0.1, 0.15) is 11.1 Å². The second-order valence-electron chi connectivity index (χ2n) is 6.01. The minimum absolute atomic E-state index is 0.0306. The molecule has 3 rings (SSSR count). The van der Waals surface area contributed by atoms with Gasteiger partial charge in [-0.05, 0) is 76.3 Å². The van der Waals surface area contributed by atoms with Gasteiger partial charge in [-0.15, -0.1) is 6.58 Å². The van der Waals surface area contributed by atoms with Crippen molar-refractivity contribution in [2.24, 2.45) is 0 Å². The lowest BCUT2D eigenvalue weighted by Crippen LogP contribution is -2.53. The predicted molar refractivity (Wildman–Crippen MR) is 121 cm³/mol. The molecule has 0 spiro atoms. The molecule has 2 aromatic rings. The van der Waals surface area contributed by atoms with E-state index in [1.54, 1.807) is 36.4 Å². The van der Waals surface area contributed by atoms with Crippen LogP contribution in [0.25, 0.3) is 6.08 Å². The third-order valence-electron chi connectivity index (χ3n) is 4.01. The monoisotopic (exact) mass is 504 g/mol. The highest BCUT2D eigenvalue weighted by Gasteiger charge is 2.32. The Bertz CT molecular complexity index is 953. The van der Waals surface area contributed by atoms with Gasteiger partial charge in [-0.2, -0.15) is 0 Å². The molecule has 2 aromatic carbocycles. The van der Waals surface area contributed by atoms with Crippen LogP contribution in [0, 0.1) is 3.57 Å². The average molecular weight is 504 g/mol. The van der Waals surface area contributed by atoms with E-state index >= 15 is 0 Å². The van der Waals surface area contributed by atoms with Crippen molar-refractivity contribution in [3.05, 3.63) is 81.5 Å². The quantitative estimate of drug-likeness (QED) is 0.215. The zero-order valence-electron chi connectivity index (χ0n) is 14.9. The molecule has 0 saturated carbocycles. The van der Waals surface area contributed by atoms with Crippen LogP contribution >= 0.6 is 34.8 Å². The Balaban J connectivity index is 1.70. The number of hydrogen-bond donors (Lipinski definition) is 1. The van der Waals surface area contributed by atoms with Crippen molar-refractivity contribution in [2.45, 2.75) is 6.61 Å². The third kappa shape index (κ3) is 4.85. The van der Waals surface area contributed by atoms with Crippen LogP contribution in [0.5, 0.6) is 5.75 Å². The average Bonchev–Trinajstić information content (AvgIpc) is 2.69. The number of rotatable bonds is 6. The molecule has 1 fully saturated rings. The van der Waals surface area contributed by atoms with E-state index in [-0.39, 0.29) is 17.2 Å². The lowest BCUT2D eigenvalue weighted by Gasteiger charge is -2.27. The third-order valence-corrected chi connectivity index (χ3v) is 5.05. The SMILES string of the molecule is C=CCN1C(=O)/C(=C/c2ccc(OCc3ccc(I)cc3)cc2)C(=O)NC1=S. The van der Waals surface area contributed by atoms with E-state index in [4.69, 9.17) is 17.0 Å². The fraction of sp³-hybridized carbons (Fsp3) is 0.0952. The fourth-order valence-electron chi connectivity index (χ4n) is 2.56. The maximum absolute atomic E-state index is 12.5. The Kier molecular flexibility index (Phi) is 6.58. The van der Waals surface area contributed by atoms with Gasteiger partial charge in [0.1, 0.15) is 17.9 Å². The first-order valence-corrected chi connectivity index (χ1v) is 9.93. The van der Waals surface area contributed by atoms with Crippen LogP contribution in [0.3, 0.4) is 0 Å². The summed E-state index contributed by atoms with van der Waals surface area (Å²) in [5, 5.41) is 2.61. The number of amides is 2. The zero-order valence-corrected chi connectivity index (χ0v) is 17.8. The number of carbonyl (C=O) groups excluding carboxylic acids is 2. The molecule has 0 radical (unpaired) electrons. The summed E-state index contributed by atoms with van der Waals surface area (Å²) in [7, 11) is 0. The van der Waals surface area contributed by atoms with Gasteiger partial charge < -0.3 is 4.74 Å². The van der Waals surface area contributed by atoms with Gasteiger partial charge in [-0.3, -0.25) is 19.8 Å². The molecular formula is C21H17IN2O3S. The number of ether oxygens (including phenoxy) is 1. The molecule has 28 heavy (non-hydrogen) atoms. The highest BCUT2D eigenvalue weighted by molar-refractivity contribution is 14.1. The minimum atomic E-state index is -0.505. The van der Waals surface area contributed by atoms with Crippen molar-refractivity contribution in [1.82, 2.24) is 10.2 Å². The Labute approximate surface area is 182 Å². The predicted octanol–water partition coefficient (Wildman–Crippen LogP) is 3.68.